The molecular formula is C24H29N3O5S. The summed E-state index contributed by atoms with van der Waals surface area (Å²) in [7, 11) is -3.76. The maximum Gasteiger partial charge on any atom is 0.265 e. The van der Waals surface area contributed by atoms with Gasteiger partial charge in [-0.2, -0.15) is 4.31 Å². The molecule has 8 nitrogen and oxygen atoms in total. The summed E-state index contributed by atoms with van der Waals surface area (Å²) in [4.78, 5) is 24.9. The fraction of sp³-hybridized carbons (Fsp3) is 0.417. The molecule has 2 N–H and O–H groups in total. The first-order valence-electron chi connectivity index (χ1n) is 11.2. The molecule has 33 heavy (non-hydrogen) atoms. The molecule has 2 heterocycles. The number of carbonyl (C=O) groups is 2. The highest BCUT2D eigenvalue weighted by Gasteiger charge is 2.34. The highest BCUT2D eigenvalue weighted by Crippen LogP contribution is 2.34. The highest BCUT2D eigenvalue weighted by atomic mass is 32.2. The molecule has 0 aliphatic carbocycles. The third-order valence-electron chi connectivity index (χ3n) is 6.24. The van der Waals surface area contributed by atoms with Crippen LogP contribution in [0.4, 0.5) is 11.4 Å². The van der Waals surface area contributed by atoms with E-state index in [9.17, 15) is 18.0 Å². The largest absolute Gasteiger partial charge is 0.478 e. The second kappa shape index (κ2) is 9.15. The Kier molecular flexibility index (Phi) is 6.45. The fourth-order valence-corrected chi connectivity index (χ4v) is 5.75. The van der Waals surface area contributed by atoms with Crippen molar-refractivity contribution in [3.05, 3.63) is 47.5 Å². The maximum absolute atomic E-state index is 13.2. The minimum absolute atomic E-state index is 0.0851. The lowest BCUT2D eigenvalue weighted by atomic mass is 9.97. The number of ether oxygens (including phenoxy) is 1. The lowest BCUT2D eigenvalue weighted by Gasteiger charge is -2.31. The Hall–Kier alpha value is -2.91. The number of rotatable bonds is 5. The van der Waals surface area contributed by atoms with Gasteiger partial charge in [0.25, 0.3) is 5.91 Å². The lowest BCUT2D eigenvalue weighted by Crippen LogP contribution is -2.41. The predicted molar refractivity (Wildman–Crippen MR) is 126 cm³/mol. The maximum atomic E-state index is 13.2. The van der Waals surface area contributed by atoms with E-state index >= 15 is 0 Å². The zero-order chi connectivity index (χ0) is 23.8. The number of fused-ring (bicyclic) bond motifs is 1. The summed E-state index contributed by atoms with van der Waals surface area (Å²) in [5.74, 6) is -0.158. The van der Waals surface area contributed by atoms with Crippen LogP contribution in [0.1, 0.15) is 37.3 Å². The normalized spacial score (nSPS) is 19.4. The Balaban J connectivity index is 1.41. The number of nitrogens with zero attached hydrogens (tertiary/aromatic N) is 1. The van der Waals surface area contributed by atoms with Crippen LogP contribution < -0.4 is 15.4 Å². The van der Waals surface area contributed by atoms with Gasteiger partial charge in [0.1, 0.15) is 5.75 Å². The van der Waals surface area contributed by atoms with E-state index in [-0.39, 0.29) is 35.7 Å². The summed E-state index contributed by atoms with van der Waals surface area (Å²) >= 11 is 0. The van der Waals surface area contributed by atoms with Gasteiger partial charge in [-0.1, -0.05) is 24.6 Å². The second-order valence-corrected chi connectivity index (χ2v) is 10.6. The Morgan fingerprint density at radius 3 is 2.55 bits per heavy atom. The molecule has 2 aliphatic rings. The number of sulfonamides is 1. The van der Waals surface area contributed by atoms with Crippen molar-refractivity contribution in [2.75, 3.05) is 23.7 Å². The van der Waals surface area contributed by atoms with Gasteiger partial charge in [-0.05, 0) is 62.9 Å². The Morgan fingerprint density at radius 2 is 1.88 bits per heavy atom. The van der Waals surface area contributed by atoms with Crippen LogP contribution in [0.3, 0.4) is 0 Å². The first-order chi connectivity index (χ1) is 15.7. The summed E-state index contributed by atoms with van der Waals surface area (Å²) < 4.78 is 33.4. The number of carbonyl (C=O) groups excluding carboxylic acids is 2. The average molecular weight is 472 g/mol. The SMILES string of the molecule is CCC1Oc2ccc(S(=O)(=O)N3CCC(C(=O)Nc4ccc(C)cc4C)CC3)cc2NC1=O. The lowest BCUT2D eigenvalue weighted by molar-refractivity contribution is -0.123. The molecule has 2 aliphatic heterocycles. The Labute approximate surface area is 194 Å². The van der Waals surface area contributed by atoms with E-state index in [0.29, 0.717) is 30.7 Å². The molecule has 0 spiro atoms. The number of aryl methyl sites for hydroxylation is 2. The number of benzene rings is 2. The predicted octanol–water partition coefficient (Wildman–Crippen LogP) is 3.45. The van der Waals surface area contributed by atoms with Crippen molar-refractivity contribution in [2.45, 2.75) is 51.0 Å². The van der Waals surface area contributed by atoms with Gasteiger partial charge in [-0.25, -0.2) is 8.42 Å². The molecule has 2 aromatic rings. The van der Waals surface area contributed by atoms with Gasteiger partial charge in [-0.3, -0.25) is 9.59 Å². The van der Waals surface area contributed by atoms with Crippen LogP contribution in [0.5, 0.6) is 5.75 Å². The molecule has 9 heteroatoms. The van der Waals surface area contributed by atoms with Crippen LogP contribution in [0, 0.1) is 19.8 Å². The van der Waals surface area contributed by atoms with E-state index in [1.807, 2.05) is 39.0 Å². The molecule has 1 unspecified atom stereocenters. The van der Waals surface area contributed by atoms with Gasteiger partial charge in [-0.15, -0.1) is 0 Å². The van der Waals surface area contributed by atoms with Crippen molar-refractivity contribution in [3.63, 3.8) is 0 Å². The minimum Gasteiger partial charge on any atom is -0.478 e. The molecular weight excluding hydrogens is 442 g/mol. The molecule has 2 amide bonds. The van der Waals surface area contributed by atoms with Gasteiger partial charge in [0, 0.05) is 24.7 Å². The van der Waals surface area contributed by atoms with Gasteiger partial charge in [0.05, 0.1) is 10.6 Å². The topological polar surface area (TPSA) is 105 Å². The molecule has 1 fully saturated rings. The van der Waals surface area contributed by atoms with E-state index < -0.39 is 16.1 Å². The van der Waals surface area contributed by atoms with E-state index in [1.54, 1.807) is 6.07 Å². The second-order valence-electron chi connectivity index (χ2n) is 8.65. The molecule has 0 saturated carbocycles. The van der Waals surface area contributed by atoms with Gasteiger partial charge < -0.3 is 15.4 Å². The summed E-state index contributed by atoms with van der Waals surface area (Å²) in [6.07, 6.45) is 0.837. The number of hydrogen-bond acceptors (Lipinski definition) is 5. The van der Waals surface area contributed by atoms with Gasteiger partial charge in [0.15, 0.2) is 6.10 Å². The van der Waals surface area contributed by atoms with Crippen molar-refractivity contribution < 1.29 is 22.7 Å². The van der Waals surface area contributed by atoms with Crippen molar-refractivity contribution >= 4 is 33.2 Å². The van der Waals surface area contributed by atoms with Crippen LogP contribution >= 0.6 is 0 Å². The molecule has 2 aromatic carbocycles. The first-order valence-corrected chi connectivity index (χ1v) is 12.6. The molecule has 0 radical (unpaired) electrons. The monoisotopic (exact) mass is 471 g/mol. The van der Waals surface area contributed by atoms with Crippen LogP contribution in [0.15, 0.2) is 41.3 Å². The fourth-order valence-electron chi connectivity index (χ4n) is 4.25. The molecule has 176 valence electrons. The number of hydrogen-bond donors (Lipinski definition) is 2. The Morgan fingerprint density at radius 1 is 1.15 bits per heavy atom. The first kappa shape index (κ1) is 23.3. The molecule has 4 rings (SSSR count). The smallest absolute Gasteiger partial charge is 0.265 e. The van der Waals surface area contributed by atoms with Crippen molar-refractivity contribution in [2.24, 2.45) is 5.92 Å². The minimum atomic E-state index is -3.76. The quantitative estimate of drug-likeness (QED) is 0.695. The molecule has 0 aromatic heterocycles. The molecule has 1 atom stereocenters. The number of anilines is 2. The van der Waals surface area contributed by atoms with Gasteiger partial charge in [0.2, 0.25) is 15.9 Å². The van der Waals surface area contributed by atoms with E-state index in [2.05, 4.69) is 10.6 Å². The van der Waals surface area contributed by atoms with Crippen molar-refractivity contribution in [1.82, 2.24) is 4.31 Å². The van der Waals surface area contributed by atoms with Gasteiger partial charge >= 0.3 is 0 Å². The number of amides is 2. The van der Waals surface area contributed by atoms with E-state index in [4.69, 9.17) is 4.74 Å². The third kappa shape index (κ3) is 4.74. The zero-order valence-electron chi connectivity index (χ0n) is 19.1. The highest BCUT2D eigenvalue weighted by molar-refractivity contribution is 7.89. The zero-order valence-corrected chi connectivity index (χ0v) is 19.9. The molecule has 0 bridgehead atoms. The van der Waals surface area contributed by atoms with Crippen molar-refractivity contribution in [3.8, 4) is 5.75 Å². The Bertz CT molecular complexity index is 1190. The van der Waals surface area contributed by atoms with Crippen LogP contribution in [0.2, 0.25) is 0 Å². The summed E-state index contributed by atoms with van der Waals surface area (Å²) in [5.41, 5.74) is 3.26. The summed E-state index contributed by atoms with van der Waals surface area (Å²) in [6.45, 7) is 6.31. The van der Waals surface area contributed by atoms with E-state index in [0.717, 1.165) is 16.8 Å². The van der Waals surface area contributed by atoms with Crippen molar-refractivity contribution in [1.29, 1.82) is 0 Å². The standard InChI is InChI=1S/C24H29N3O5S/c1-4-21-24(29)26-20-14-18(6-8-22(20)32-21)33(30,31)27-11-9-17(10-12-27)23(28)25-19-7-5-15(2)13-16(19)3/h5-8,13-14,17,21H,4,9-12H2,1-3H3,(H,25,28)(H,26,29). The van der Waals surface area contributed by atoms with Crippen LogP contribution in [0.25, 0.3) is 0 Å². The third-order valence-corrected chi connectivity index (χ3v) is 8.14. The van der Waals surface area contributed by atoms with E-state index in [1.165, 1.54) is 16.4 Å². The number of nitrogens with one attached hydrogen (secondary N) is 2. The summed E-state index contributed by atoms with van der Waals surface area (Å²) in [6, 6.07) is 10.4. The summed E-state index contributed by atoms with van der Waals surface area (Å²) in [5, 5.41) is 5.71. The van der Waals surface area contributed by atoms with Crippen LogP contribution in [-0.2, 0) is 19.6 Å². The number of piperidine rings is 1. The molecule has 1 saturated heterocycles. The average Bonchev–Trinajstić information content (AvgIpc) is 2.80. The van der Waals surface area contributed by atoms with Crippen LogP contribution in [-0.4, -0.2) is 43.7 Å².